The Hall–Kier alpha value is -0.240. The van der Waals surface area contributed by atoms with Crippen molar-refractivity contribution in [1.29, 1.82) is 0 Å². The minimum Gasteiger partial charge on any atom is -0.467 e. The van der Waals surface area contributed by atoms with Gasteiger partial charge >= 0.3 is 6.18 Å². The number of alkyl halides is 3. The maximum Gasteiger partial charge on any atom is 0.422 e. The molecule has 1 aromatic rings. The molecule has 0 saturated heterocycles. The maximum absolute atomic E-state index is 11.8. The molecule has 0 atom stereocenters. The van der Waals surface area contributed by atoms with E-state index in [-0.39, 0.29) is 10.9 Å². The third kappa shape index (κ3) is 3.87. The van der Waals surface area contributed by atoms with Crippen molar-refractivity contribution in [1.82, 2.24) is 4.98 Å². The van der Waals surface area contributed by atoms with E-state index in [0.29, 0.717) is 0 Å². The molecule has 1 rings (SSSR count). The monoisotopic (exact) mass is 337 g/mol. The summed E-state index contributed by atoms with van der Waals surface area (Å²) in [6, 6.07) is 1.47. The SMILES string of the molecule is FC(F)(F)COc1ncc(I)cc1Cl. The number of hydrogen-bond acceptors (Lipinski definition) is 2. The molecule has 14 heavy (non-hydrogen) atoms. The van der Waals surface area contributed by atoms with Gasteiger partial charge in [0.1, 0.15) is 5.02 Å². The molecule has 0 amide bonds. The molecule has 0 radical (unpaired) electrons. The number of pyridine rings is 1. The van der Waals surface area contributed by atoms with Crippen LogP contribution in [0.25, 0.3) is 0 Å². The second-order valence-corrected chi connectivity index (χ2v) is 4.00. The second-order valence-electron chi connectivity index (χ2n) is 2.34. The summed E-state index contributed by atoms with van der Waals surface area (Å²) in [5, 5.41) is 0.0705. The van der Waals surface area contributed by atoms with Gasteiger partial charge in [-0.25, -0.2) is 4.98 Å². The second kappa shape index (κ2) is 4.52. The Labute approximate surface area is 96.6 Å². The van der Waals surface area contributed by atoms with Crippen molar-refractivity contribution in [2.24, 2.45) is 0 Å². The molecule has 0 N–H and O–H groups in total. The lowest BCUT2D eigenvalue weighted by Gasteiger charge is -2.09. The average Bonchev–Trinajstić information content (AvgIpc) is 2.00. The Balaban J connectivity index is 2.68. The Bertz CT molecular complexity index is 331. The lowest BCUT2D eigenvalue weighted by Crippen LogP contribution is -2.19. The van der Waals surface area contributed by atoms with Crippen molar-refractivity contribution in [2.45, 2.75) is 6.18 Å². The van der Waals surface area contributed by atoms with Crippen LogP contribution in [0.3, 0.4) is 0 Å². The van der Waals surface area contributed by atoms with Crippen LogP contribution >= 0.6 is 34.2 Å². The van der Waals surface area contributed by atoms with Crippen LogP contribution in [-0.4, -0.2) is 17.8 Å². The van der Waals surface area contributed by atoms with E-state index in [1.165, 1.54) is 12.3 Å². The van der Waals surface area contributed by atoms with E-state index in [2.05, 4.69) is 9.72 Å². The van der Waals surface area contributed by atoms with Gasteiger partial charge in [0, 0.05) is 9.77 Å². The fourth-order valence-corrected chi connectivity index (χ4v) is 1.51. The highest BCUT2D eigenvalue weighted by Crippen LogP contribution is 2.25. The Morgan fingerprint density at radius 2 is 2.14 bits per heavy atom. The summed E-state index contributed by atoms with van der Waals surface area (Å²) < 4.78 is 40.4. The lowest BCUT2D eigenvalue weighted by molar-refractivity contribution is -0.154. The molecule has 78 valence electrons. The number of halogens is 5. The average molecular weight is 337 g/mol. The maximum atomic E-state index is 11.8. The van der Waals surface area contributed by atoms with E-state index in [1.807, 2.05) is 22.6 Å². The fraction of sp³-hybridized carbons (Fsp3) is 0.286. The lowest BCUT2D eigenvalue weighted by atomic mass is 10.5. The molecular formula is C7H4ClF3INO. The van der Waals surface area contributed by atoms with Gasteiger partial charge in [0.05, 0.1) is 0 Å². The smallest absolute Gasteiger partial charge is 0.422 e. The number of ether oxygens (including phenoxy) is 1. The van der Waals surface area contributed by atoms with Gasteiger partial charge < -0.3 is 4.74 Å². The van der Waals surface area contributed by atoms with Crippen LogP contribution in [0.4, 0.5) is 13.2 Å². The first kappa shape index (κ1) is 11.8. The number of aromatic nitrogens is 1. The standard InChI is InChI=1S/C7H4ClF3INO/c8-5-1-4(12)2-13-6(5)14-3-7(9,10)11/h1-2H,3H2. The Morgan fingerprint density at radius 3 is 2.64 bits per heavy atom. The Morgan fingerprint density at radius 1 is 1.50 bits per heavy atom. The van der Waals surface area contributed by atoms with Crippen molar-refractivity contribution in [3.05, 3.63) is 20.9 Å². The van der Waals surface area contributed by atoms with E-state index in [9.17, 15) is 13.2 Å². The summed E-state index contributed by atoms with van der Waals surface area (Å²) in [6.45, 7) is -1.39. The van der Waals surface area contributed by atoms with Crippen molar-refractivity contribution in [3.63, 3.8) is 0 Å². The molecule has 0 aliphatic rings. The number of rotatable bonds is 2. The van der Waals surface area contributed by atoms with E-state index in [0.717, 1.165) is 3.57 Å². The summed E-state index contributed by atoms with van der Waals surface area (Å²) in [4.78, 5) is 3.62. The zero-order valence-electron chi connectivity index (χ0n) is 6.61. The van der Waals surface area contributed by atoms with Gasteiger partial charge in [-0.1, -0.05) is 11.6 Å². The summed E-state index contributed by atoms with van der Waals surface area (Å²) in [5.41, 5.74) is 0. The zero-order chi connectivity index (χ0) is 10.8. The van der Waals surface area contributed by atoms with Crippen molar-refractivity contribution in [3.8, 4) is 5.88 Å². The number of hydrogen-bond donors (Lipinski definition) is 0. The van der Waals surface area contributed by atoms with Gasteiger partial charge in [-0.05, 0) is 28.7 Å². The van der Waals surface area contributed by atoms with Gasteiger partial charge in [-0.15, -0.1) is 0 Å². The van der Waals surface area contributed by atoms with Crippen molar-refractivity contribution < 1.29 is 17.9 Å². The van der Waals surface area contributed by atoms with E-state index < -0.39 is 12.8 Å². The zero-order valence-corrected chi connectivity index (χ0v) is 9.52. The minimum absolute atomic E-state index is 0.0705. The third-order valence-corrected chi connectivity index (χ3v) is 2.01. The van der Waals surface area contributed by atoms with Crippen LogP contribution in [0, 0.1) is 3.57 Å². The van der Waals surface area contributed by atoms with Crippen LogP contribution < -0.4 is 4.74 Å². The molecule has 1 heterocycles. The van der Waals surface area contributed by atoms with Crippen LogP contribution in [-0.2, 0) is 0 Å². The highest BCUT2D eigenvalue weighted by atomic mass is 127. The molecule has 7 heteroatoms. The van der Waals surface area contributed by atoms with Crippen LogP contribution in [0.1, 0.15) is 0 Å². The molecule has 0 spiro atoms. The molecule has 1 aromatic heterocycles. The third-order valence-electron chi connectivity index (χ3n) is 1.15. The van der Waals surface area contributed by atoms with Gasteiger partial charge in [-0.2, -0.15) is 13.2 Å². The topological polar surface area (TPSA) is 22.1 Å². The first-order chi connectivity index (χ1) is 6.38. The molecule has 0 aromatic carbocycles. The Kier molecular flexibility index (Phi) is 3.82. The van der Waals surface area contributed by atoms with Crippen LogP contribution in [0.15, 0.2) is 12.3 Å². The van der Waals surface area contributed by atoms with Gasteiger partial charge in [-0.3, -0.25) is 0 Å². The molecule has 2 nitrogen and oxygen atoms in total. The summed E-state index contributed by atoms with van der Waals surface area (Å²) in [7, 11) is 0. The highest BCUT2D eigenvalue weighted by Gasteiger charge is 2.29. The summed E-state index contributed by atoms with van der Waals surface area (Å²) in [5.74, 6) is -0.204. The molecule has 0 aliphatic carbocycles. The molecule has 0 unspecified atom stereocenters. The van der Waals surface area contributed by atoms with Gasteiger partial charge in [0.25, 0.3) is 0 Å². The summed E-state index contributed by atoms with van der Waals surface area (Å²) in [6.07, 6.45) is -3.01. The van der Waals surface area contributed by atoms with Crippen LogP contribution in [0.2, 0.25) is 5.02 Å². The molecule has 0 bridgehead atoms. The molecule has 0 saturated carbocycles. The molecule has 0 fully saturated rings. The van der Waals surface area contributed by atoms with Gasteiger partial charge in [0.15, 0.2) is 6.61 Å². The van der Waals surface area contributed by atoms with Gasteiger partial charge in [0.2, 0.25) is 5.88 Å². The highest BCUT2D eigenvalue weighted by molar-refractivity contribution is 14.1. The van der Waals surface area contributed by atoms with E-state index in [4.69, 9.17) is 11.6 Å². The predicted octanol–water partition coefficient (Wildman–Crippen LogP) is 3.28. The van der Waals surface area contributed by atoms with Crippen molar-refractivity contribution in [2.75, 3.05) is 6.61 Å². The van der Waals surface area contributed by atoms with E-state index >= 15 is 0 Å². The van der Waals surface area contributed by atoms with Crippen molar-refractivity contribution >= 4 is 34.2 Å². The van der Waals surface area contributed by atoms with E-state index in [1.54, 1.807) is 0 Å². The van der Waals surface area contributed by atoms with Crippen LogP contribution in [0.5, 0.6) is 5.88 Å². The quantitative estimate of drug-likeness (QED) is 0.773. The fourth-order valence-electron chi connectivity index (χ4n) is 0.658. The molecular weight excluding hydrogens is 333 g/mol. The molecule has 0 aliphatic heterocycles. The normalized spacial score (nSPS) is 11.5. The summed E-state index contributed by atoms with van der Waals surface area (Å²) >= 11 is 7.54. The first-order valence-corrected chi connectivity index (χ1v) is 4.85. The predicted molar refractivity (Wildman–Crippen MR) is 53.5 cm³/mol. The largest absolute Gasteiger partial charge is 0.467 e. The number of nitrogens with zero attached hydrogens (tertiary/aromatic N) is 1. The first-order valence-electron chi connectivity index (χ1n) is 3.39. The minimum atomic E-state index is -4.38.